The number of hydrogen-bond acceptors (Lipinski definition) is 8. The molecule has 166 valence electrons. The van der Waals surface area contributed by atoms with Crippen molar-refractivity contribution in [1.29, 1.82) is 0 Å². The lowest BCUT2D eigenvalue weighted by Gasteiger charge is -2.15. The molecule has 0 unspecified atom stereocenters. The second-order valence-corrected chi connectivity index (χ2v) is 7.01. The van der Waals surface area contributed by atoms with Gasteiger partial charge in [-0.15, -0.1) is 11.3 Å². The van der Waals surface area contributed by atoms with Crippen molar-refractivity contribution in [3.8, 4) is 11.5 Å². The molecule has 0 saturated carbocycles. The molecular formula is C20H23N3O7S. The van der Waals surface area contributed by atoms with Gasteiger partial charge in [-0.05, 0) is 17.9 Å². The first-order valence-electron chi connectivity index (χ1n) is 9.25. The zero-order valence-corrected chi connectivity index (χ0v) is 18.1. The number of carbonyl (C=O) groups excluding carboxylic acids is 4. The first-order valence-corrected chi connectivity index (χ1v) is 10.1. The van der Waals surface area contributed by atoms with Crippen LogP contribution in [0, 0.1) is 0 Å². The van der Waals surface area contributed by atoms with E-state index in [1.54, 1.807) is 17.5 Å². The van der Waals surface area contributed by atoms with Gasteiger partial charge in [0.2, 0.25) is 0 Å². The van der Waals surface area contributed by atoms with Gasteiger partial charge in [0, 0.05) is 18.7 Å². The number of carbonyl (C=O) groups is 4. The van der Waals surface area contributed by atoms with Crippen LogP contribution in [0.15, 0.2) is 29.6 Å². The molecule has 2 aromatic rings. The van der Waals surface area contributed by atoms with Crippen LogP contribution in [0.3, 0.4) is 0 Å². The summed E-state index contributed by atoms with van der Waals surface area (Å²) in [7, 11) is 2.80. The molecule has 0 atom stereocenters. The second-order valence-electron chi connectivity index (χ2n) is 6.06. The van der Waals surface area contributed by atoms with Crippen molar-refractivity contribution in [3.05, 3.63) is 40.1 Å². The fourth-order valence-corrected chi connectivity index (χ4v) is 3.02. The Balaban J connectivity index is 2.16. The van der Waals surface area contributed by atoms with Crippen molar-refractivity contribution in [2.24, 2.45) is 0 Å². The van der Waals surface area contributed by atoms with Gasteiger partial charge in [-0.2, -0.15) is 0 Å². The van der Waals surface area contributed by atoms with Gasteiger partial charge in [0.05, 0.1) is 30.3 Å². The first kappa shape index (κ1) is 23.7. The van der Waals surface area contributed by atoms with Crippen molar-refractivity contribution in [3.63, 3.8) is 0 Å². The number of urea groups is 1. The predicted molar refractivity (Wildman–Crippen MR) is 114 cm³/mol. The number of imide groups is 1. The van der Waals surface area contributed by atoms with E-state index >= 15 is 0 Å². The molecule has 1 aromatic heterocycles. The summed E-state index contributed by atoms with van der Waals surface area (Å²) in [4.78, 5) is 48.8. The Bertz CT molecular complexity index is 945. The smallest absolute Gasteiger partial charge is 0.340 e. The number of methoxy groups -OCH3 is 2. The summed E-state index contributed by atoms with van der Waals surface area (Å²) < 4.78 is 15.4. The van der Waals surface area contributed by atoms with Gasteiger partial charge >= 0.3 is 12.0 Å². The largest absolute Gasteiger partial charge is 0.493 e. The van der Waals surface area contributed by atoms with Crippen molar-refractivity contribution >= 4 is 40.8 Å². The lowest BCUT2D eigenvalue weighted by molar-refractivity contribution is -0.123. The minimum absolute atomic E-state index is 0.0502. The molecule has 0 aliphatic heterocycles. The molecule has 0 aliphatic rings. The summed E-state index contributed by atoms with van der Waals surface area (Å²) in [5.41, 5.74) is 0.0629. The molecule has 2 rings (SSSR count). The van der Waals surface area contributed by atoms with Crippen molar-refractivity contribution in [2.45, 2.75) is 13.3 Å². The van der Waals surface area contributed by atoms with Gasteiger partial charge in [-0.25, -0.2) is 9.59 Å². The van der Waals surface area contributed by atoms with E-state index in [0.29, 0.717) is 17.8 Å². The molecule has 31 heavy (non-hydrogen) atoms. The molecule has 0 fully saturated rings. The number of benzene rings is 1. The van der Waals surface area contributed by atoms with Gasteiger partial charge in [0.25, 0.3) is 11.8 Å². The molecule has 0 aliphatic carbocycles. The van der Waals surface area contributed by atoms with Gasteiger partial charge in [-0.1, -0.05) is 13.0 Å². The zero-order valence-electron chi connectivity index (χ0n) is 17.3. The minimum atomic E-state index is -0.897. The lowest BCUT2D eigenvalue weighted by atomic mass is 10.1. The maximum absolute atomic E-state index is 12.6. The summed E-state index contributed by atoms with van der Waals surface area (Å²) in [5.74, 6) is -1.61. The third-order valence-corrected chi connectivity index (χ3v) is 4.73. The minimum Gasteiger partial charge on any atom is -0.493 e. The highest BCUT2D eigenvalue weighted by molar-refractivity contribution is 7.12. The van der Waals surface area contributed by atoms with Crippen LogP contribution in [0.1, 0.15) is 33.4 Å². The van der Waals surface area contributed by atoms with Crippen LogP contribution in [0.25, 0.3) is 0 Å². The highest BCUT2D eigenvalue weighted by atomic mass is 32.1. The molecule has 0 spiro atoms. The molecule has 1 aromatic carbocycles. The van der Waals surface area contributed by atoms with Crippen molar-refractivity contribution < 1.29 is 33.4 Å². The van der Waals surface area contributed by atoms with Crippen LogP contribution in [0.5, 0.6) is 11.5 Å². The monoisotopic (exact) mass is 449 g/mol. The predicted octanol–water partition coefficient (Wildman–Crippen LogP) is 2.41. The van der Waals surface area contributed by atoms with E-state index in [9.17, 15) is 19.2 Å². The average molecular weight is 449 g/mol. The average Bonchev–Trinajstić information content (AvgIpc) is 3.30. The summed E-state index contributed by atoms with van der Waals surface area (Å²) in [6, 6.07) is 5.42. The van der Waals surface area contributed by atoms with Crippen LogP contribution in [-0.2, 0) is 9.53 Å². The Labute approximate surface area is 182 Å². The fourth-order valence-electron chi connectivity index (χ4n) is 2.40. The summed E-state index contributed by atoms with van der Waals surface area (Å²) in [6.45, 7) is 1.57. The molecule has 10 nitrogen and oxygen atoms in total. The van der Waals surface area contributed by atoms with Crippen molar-refractivity contribution in [2.75, 3.05) is 32.7 Å². The molecule has 0 bridgehead atoms. The molecule has 4 amide bonds. The van der Waals surface area contributed by atoms with E-state index < -0.39 is 30.4 Å². The topological polar surface area (TPSA) is 132 Å². The highest BCUT2D eigenvalue weighted by Crippen LogP contribution is 2.34. The Hall–Kier alpha value is -3.60. The summed E-state index contributed by atoms with van der Waals surface area (Å²) in [5, 5.41) is 8.89. The molecule has 1 heterocycles. The number of anilines is 1. The second kappa shape index (κ2) is 11.6. The SMILES string of the molecule is CCCNC(=O)NC(=O)COC(=O)c1cc(OC)c(OC)cc1NC(=O)c1cccs1. The number of hydrogen-bond donors (Lipinski definition) is 3. The maximum Gasteiger partial charge on any atom is 0.340 e. The van der Waals surface area contributed by atoms with E-state index in [2.05, 4.69) is 10.6 Å². The van der Waals surface area contributed by atoms with Crippen LogP contribution < -0.4 is 25.4 Å². The normalized spacial score (nSPS) is 10.0. The lowest BCUT2D eigenvalue weighted by Crippen LogP contribution is -2.41. The van der Waals surface area contributed by atoms with E-state index in [4.69, 9.17) is 14.2 Å². The zero-order chi connectivity index (χ0) is 22.8. The third kappa shape index (κ3) is 6.71. The van der Waals surface area contributed by atoms with Crippen molar-refractivity contribution in [1.82, 2.24) is 10.6 Å². The number of amides is 4. The molecule has 3 N–H and O–H groups in total. The Morgan fingerprint density at radius 1 is 1.06 bits per heavy atom. The number of nitrogens with one attached hydrogen (secondary N) is 3. The number of ether oxygens (including phenoxy) is 3. The van der Waals surface area contributed by atoms with Gasteiger partial charge in [0.1, 0.15) is 0 Å². The molecular weight excluding hydrogens is 426 g/mol. The molecule has 11 heteroatoms. The van der Waals surface area contributed by atoms with Crippen LogP contribution >= 0.6 is 11.3 Å². The number of esters is 1. The van der Waals surface area contributed by atoms with Gasteiger partial charge in [-0.3, -0.25) is 14.9 Å². The first-order chi connectivity index (χ1) is 14.9. The Morgan fingerprint density at radius 2 is 1.77 bits per heavy atom. The quantitative estimate of drug-likeness (QED) is 0.501. The Kier molecular flexibility index (Phi) is 8.82. The van der Waals surface area contributed by atoms with Crippen LogP contribution in [0.4, 0.5) is 10.5 Å². The summed E-state index contributed by atoms with van der Waals surface area (Å²) in [6.07, 6.45) is 0.704. The van der Waals surface area contributed by atoms with E-state index in [-0.39, 0.29) is 22.7 Å². The maximum atomic E-state index is 12.6. The molecule has 0 radical (unpaired) electrons. The van der Waals surface area contributed by atoms with Crippen LogP contribution in [-0.4, -0.2) is 51.2 Å². The standard InChI is InChI=1S/C20H23N3O7S/c1-4-7-21-20(27)23-17(24)11-30-19(26)12-9-14(28-2)15(29-3)10-13(12)22-18(25)16-6-5-8-31-16/h5-6,8-10H,4,7,11H2,1-3H3,(H,22,25)(H2,21,23,24,27). The van der Waals surface area contributed by atoms with E-state index in [0.717, 1.165) is 0 Å². The molecule has 0 saturated heterocycles. The number of rotatable bonds is 9. The third-order valence-electron chi connectivity index (χ3n) is 3.86. The Morgan fingerprint density at radius 3 is 2.39 bits per heavy atom. The highest BCUT2D eigenvalue weighted by Gasteiger charge is 2.21. The van der Waals surface area contributed by atoms with Gasteiger partial charge < -0.3 is 24.8 Å². The summed E-state index contributed by atoms with van der Waals surface area (Å²) >= 11 is 1.23. The fraction of sp³-hybridized carbons (Fsp3) is 0.300. The van der Waals surface area contributed by atoms with E-state index in [1.807, 2.05) is 12.2 Å². The van der Waals surface area contributed by atoms with Gasteiger partial charge in [0.15, 0.2) is 18.1 Å². The number of thiophene rings is 1. The van der Waals surface area contributed by atoms with E-state index in [1.165, 1.54) is 37.7 Å². The van der Waals surface area contributed by atoms with Crippen LogP contribution in [0.2, 0.25) is 0 Å².